The predicted molar refractivity (Wildman–Crippen MR) is 53.2 cm³/mol. The molecule has 0 aliphatic heterocycles. The maximum Gasteiger partial charge on any atom is 0.125 e. The third kappa shape index (κ3) is 3.48. The smallest absolute Gasteiger partial charge is 0.125 e. The average Bonchev–Trinajstić information content (AvgIpc) is 2.03. The van der Waals surface area contributed by atoms with Gasteiger partial charge in [-0.2, -0.15) is 0 Å². The summed E-state index contributed by atoms with van der Waals surface area (Å²) in [4.78, 5) is 0. The third-order valence-electron chi connectivity index (χ3n) is 1.47. The molecule has 0 heterocycles. The van der Waals surface area contributed by atoms with Gasteiger partial charge < -0.3 is 0 Å². The summed E-state index contributed by atoms with van der Waals surface area (Å²) in [6.45, 7) is 2.05. The van der Waals surface area contributed by atoms with Crippen LogP contribution in [-0.4, -0.2) is 0 Å². The first-order valence-corrected chi connectivity index (χ1v) is 4.55. The Morgan fingerprint density at radius 2 is 2.15 bits per heavy atom. The van der Waals surface area contributed by atoms with Crippen LogP contribution in [0.25, 0.3) is 0 Å². The van der Waals surface area contributed by atoms with E-state index in [1.165, 1.54) is 12.1 Å². The van der Waals surface area contributed by atoms with Crippen molar-refractivity contribution in [1.82, 2.24) is 0 Å². The van der Waals surface area contributed by atoms with Crippen LogP contribution in [0.3, 0.4) is 0 Å². The molecule has 1 rings (SSSR count). The molecule has 0 aliphatic rings. The molecule has 68 valence electrons. The van der Waals surface area contributed by atoms with Crippen molar-refractivity contribution >= 4 is 11.6 Å². The maximum absolute atomic E-state index is 12.8. The zero-order valence-electron chi connectivity index (χ0n) is 7.40. The zero-order valence-corrected chi connectivity index (χ0v) is 8.16. The number of hydrogen-bond acceptors (Lipinski definition) is 0. The normalized spacial score (nSPS) is 9.15. The van der Waals surface area contributed by atoms with Gasteiger partial charge in [-0.25, -0.2) is 4.39 Å². The highest BCUT2D eigenvalue weighted by molar-refractivity contribution is 6.30. The fraction of sp³-hybridized carbons (Fsp3) is 0.273. The SMILES string of the molecule is CCCC#Cc1cc(F)cc(Cl)c1. The molecule has 0 radical (unpaired) electrons. The van der Waals surface area contributed by atoms with E-state index in [2.05, 4.69) is 11.8 Å². The highest BCUT2D eigenvalue weighted by atomic mass is 35.5. The Balaban J connectivity index is 2.85. The van der Waals surface area contributed by atoms with Gasteiger partial charge in [0.25, 0.3) is 0 Å². The second-order valence-electron chi connectivity index (χ2n) is 2.71. The molecule has 1 aromatic rings. The second-order valence-corrected chi connectivity index (χ2v) is 3.15. The summed E-state index contributed by atoms with van der Waals surface area (Å²) in [5.41, 5.74) is 0.637. The summed E-state index contributed by atoms with van der Waals surface area (Å²) < 4.78 is 12.8. The Bertz CT molecular complexity index is 327. The van der Waals surface area contributed by atoms with E-state index >= 15 is 0 Å². The number of unbranched alkanes of at least 4 members (excludes halogenated alkanes) is 1. The van der Waals surface area contributed by atoms with Crippen LogP contribution >= 0.6 is 11.6 Å². The largest absolute Gasteiger partial charge is 0.207 e. The quantitative estimate of drug-likeness (QED) is 0.602. The van der Waals surface area contributed by atoms with Gasteiger partial charge in [0, 0.05) is 17.0 Å². The number of hydrogen-bond donors (Lipinski definition) is 0. The monoisotopic (exact) mass is 196 g/mol. The maximum atomic E-state index is 12.8. The Kier molecular flexibility index (Phi) is 3.79. The van der Waals surface area contributed by atoms with Crippen LogP contribution in [-0.2, 0) is 0 Å². The molecule has 0 saturated carbocycles. The first kappa shape index (κ1) is 10.1. The lowest BCUT2D eigenvalue weighted by atomic mass is 10.2. The van der Waals surface area contributed by atoms with Gasteiger partial charge in [0.15, 0.2) is 0 Å². The van der Waals surface area contributed by atoms with Crippen LogP contribution in [0, 0.1) is 17.7 Å². The molecular weight excluding hydrogens is 187 g/mol. The van der Waals surface area contributed by atoms with E-state index in [1.54, 1.807) is 6.07 Å². The van der Waals surface area contributed by atoms with Crippen molar-refractivity contribution in [1.29, 1.82) is 0 Å². The van der Waals surface area contributed by atoms with Gasteiger partial charge in [-0.3, -0.25) is 0 Å². The van der Waals surface area contributed by atoms with Crippen LogP contribution in [0.4, 0.5) is 4.39 Å². The van der Waals surface area contributed by atoms with Crippen LogP contribution in [0.2, 0.25) is 5.02 Å². The first-order valence-electron chi connectivity index (χ1n) is 4.17. The molecule has 0 aliphatic carbocycles. The Morgan fingerprint density at radius 1 is 1.38 bits per heavy atom. The molecule has 0 saturated heterocycles. The molecule has 13 heavy (non-hydrogen) atoms. The van der Waals surface area contributed by atoms with Crippen LogP contribution in [0.15, 0.2) is 18.2 Å². The summed E-state index contributed by atoms with van der Waals surface area (Å²) in [5.74, 6) is 5.44. The van der Waals surface area contributed by atoms with Gasteiger partial charge in [-0.05, 0) is 24.6 Å². The Hall–Kier alpha value is -1.00. The van der Waals surface area contributed by atoms with E-state index in [-0.39, 0.29) is 5.82 Å². The molecule has 1 aromatic carbocycles. The summed E-state index contributed by atoms with van der Waals surface area (Å²) in [7, 11) is 0. The van der Waals surface area contributed by atoms with E-state index in [9.17, 15) is 4.39 Å². The molecule has 0 amide bonds. The fourth-order valence-corrected chi connectivity index (χ4v) is 1.14. The lowest BCUT2D eigenvalue weighted by Crippen LogP contribution is -1.78. The summed E-state index contributed by atoms with van der Waals surface area (Å²) in [6, 6.07) is 4.31. The zero-order chi connectivity index (χ0) is 9.68. The fourth-order valence-electron chi connectivity index (χ4n) is 0.916. The minimum atomic E-state index is -0.340. The van der Waals surface area contributed by atoms with Crippen molar-refractivity contribution in [2.45, 2.75) is 19.8 Å². The topological polar surface area (TPSA) is 0 Å². The predicted octanol–water partition coefficient (Wildman–Crippen LogP) is 3.63. The molecule has 0 N–H and O–H groups in total. The minimum absolute atomic E-state index is 0.340. The number of rotatable bonds is 1. The average molecular weight is 197 g/mol. The van der Waals surface area contributed by atoms with Crippen LogP contribution < -0.4 is 0 Å². The highest BCUT2D eigenvalue weighted by Gasteiger charge is 1.95. The van der Waals surface area contributed by atoms with E-state index in [0.29, 0.717) is 10.6 Å². The molecule has 0 fully saturated rings. The number of halogens is 2. The van der Waals surface area contributed by atoms with Crippen molar-refractivity contribution in [2.75, 3.05) is 0 Å². The standard InChI is InChI=1S/C11H10ClF/c1-2-3-4-5-9-6-10(12)8-11(13)7-9/h6-8H,2-3H2,1H3. The third-order valence-corrected chi connectivity index (χ3v) is 1.69. The van der Waals surface area contributed by atoms with Gasteiger partial charge in [0.05, 0.1) is 0 Å². The summed E-state index contributed by atoms with van der Waals surface area (Å²) in [6.07, 6.45) is 1.84. The van der Waals surface area contributed by atoms with Gasteiger partial charge in [0.1, 0.15) is 5.82 Å². The summed E-state index contributed by atoms with van der Waals surface area (Å²) >= 11 is 5.66. The minimum Gasteiger partial charge on any atom is -0.207 e. The molecule has 0 unspecified atom stereocenters. The lowest BCUT2D eigenvalue weighted by molar-refractivity contribution is 0.627. The first-order chi connectivity index (χ1) is 6.22. The molecule has 0 bridgehead atoms. The van der Waals surface area contributed by atoms with Crippen molar-refractivity contribution in [3.63, 3.8) is 0 Å². The van der Waals surface area contributed by atoms with E-state index in [4.69, 9.17) is 11.6 Å². The van der Waals surface area contributed by atoms with E-state index in [1.807, 2.05) is 6.92 Å². The van der Waals surface area contributed by atoms with Gasteiger partial charge in [-0.1, -0.05) is 30.4 Å². The van der Waals surface area contributed by atoms with Crippen molar-refractivity contribution in [3.05, 3.63) is 34.6 Å². The van der Waals surface area contributed by atoms with Gasteiger partial charge in [-0.15, -0.1) is 0 Å². The van der Waals surface area contributed by atoms with Crippen LogP contribution in [0.5, 0.6) is 0 Å². The van der Waals surface area contributed by atoms with Crippen molar-refractivity contribution in [3.8, 4) is 11.8 Å². The van der Waals surface area contributed by atoms with Gasteiger partial charge >= 0.3 is 0 Å². The molecule has 0 nitrogen and oxygen atoms in total. The van der Waals surface area contributed by atoms with E-state index < -0.39 is 0 Å². The molecule has 2 heteroatoms. The molecular formula is C11H10ClF. The number of benzene rings is 1. The summed E-state index contributed by atoms with van der Waals surface area (Å²) in [5, 5.41) is 0.390. The van der Waals surface area contributed by atoms with Gasteiger partial charge in [0.2, 0.25) is 0 Å². The van der Waals surface area contributed by atoms with E-state index in [0.717, 1.165) is 12.8 Å². The highest BCUT2D eigenvalue weighted by Crippen LogP contribution is 2.13. The second kappa shape index (κ2) is 4.89. The van der Waals surface area contributed by atoms with Crippen molar-refractivity contribution < 1.29 is 4.39 Å². The molecule has 0 aromatic heterocycles. The molecule has 0 atom stereocenters. The van der Waals surface area contributed by atoms with Crippen molar-refractivity contribution in [2.24, 2.45) is 0 Å². The molecule has 0 spiro atoms. The van der Waals surface area contributed by atoms with Crippen LogP contribution in [0.1, 0.15) is 25.3 Å². The lowest BCUT2D eigenvalue weighted by Gasteiger charge is -1.93. The Labute approximate surface area is 82.7 Å². The Morgan fingerprint density at radius 3 is 2.77 bits per heavy atom.